The highest BCUT2D eigenvalue weighted by Gasteiger charge is 2.32. The van der Waals surface area contributed by atoms with Crippen LogP contribution in [0, 0.1) is 11.8 Å². The standard InChI is InChI=1S/C16H28N2O3/c19-15(16(20)17-14-3-4-14)13-5-7-18(8-6-13)9-10-21-11-12-1-2-12/h12-15,19H,1-11H2,(H,17,20)/t15-/m1/s1. The van der Waals surface area contributed by atoms with Crippen molar-refractivity contribution >= 4 is 5.91 Å². The third kappa shape index (κ3) is 4.94. The van der Waals surface area contributed by atoms with Crippen LogP contribution in [0.1, 0.15) is 38.5 Å². The van der Waals surface area contributed by atoms with Crippen molar-refractivity contribution in [3.8, 4) is 0 Å². The summed E-state index contributed by atoms with van der Waals surface area (Å²) in [5.41, 5.74) is 0. The SMILES string of the molecule is O=C(NC1CC1)[C@H](O)C1CCN(CCOCC2CC2)CC1. The Bertz CT molecular complexity index is 347. The summed E-state index contributed by atoms with van der Waals surface area (Å²) in [6, 6.07) is 0.329. The van der Waals surface area contributed by atoms with E-state index in [2.05, 4.69) is 10.2 Å². The van der Waals surface area contributed by atoms with Gasteiger partial charge in [-0.05, 0) is 63.5 Å². The van der Waals surface area contributed by atoms with E-state index in [-0.39, 0.29) is 11.8 Å². The van der Waals surface area contributed by atoms with E-state index >= 15 is 0 Å². The fourth-order valence-electron chi connectivity index (χ4n) is 2.95. The van der Waals surface area contributed by atoms with Crippen LogP contribution in [0.25, 0.3) is 0 Å². The van der Waals surface area contributed by atoms with Crippen molar-refractivity contribution in [2.75, 3.05) is 32.8 Å². The number of ether oxygens (including phenoxy) is 1. The fraction of sp³-hybridized carbons (Fsp3) is 0.938. The Balaban J connectivity index is 1.29. The zero-order chi connectivity index (χ0) is 14.7. The van der Waals surface area contributed by atoms with Gasteiger partial charge in [-0.1, -0.05) is 0 Å². The van der Waals surface area contributed by atoms with Gasteiger partial charge >= 0.3 is 0 Å². The second-order valence-electron chi connectivity index (χ2n) is 6.93. The molecule has 1 heterocycles. The summed E-state index contributed by atoms with van der Waals surface area (Å²) in [6.07, 6.45) is 5.80. The molecule has 1 saturated heterocycles. The molecule has 3 fully saturated rings. The second-order valence-corrected chi connectivity index (χ2v) is 6.93. The molecule has 1 amide bonds. The maximum Gasteiger partial charge on any atom is 0.249 e. The molecule has 0 aromatic rings. The first-order chi connectivity index (χ1) is 10.2. The number of aliphatic hydroxyl groups excluding tert-OH is 1. The van der Waals surface area contributed by atoms with Gasteiger partial charge in [-0.15, -0.1) is 0 Å². The molecule has 0 aromatic heterocycles. The third-order valence-corrected chi connectivity index (χ3v) is 4.87. The number of nitrogens with one attached hydrogen (secondary N) is 1. The smallest absolute Gasteiger partial charge is 0.249 e. The molecule has 21 heavy (non-hydrogen) atoms. The third-order valence-electron chi connectivity index (χ3n) is 4.87. The Morgan fingerprint density at radius 1 is 1.19 bits per heavy atom. The molecular weight excluding hydrogens is 268 g/mol. The molecule has 0 bridgehead atoms. The zero-order valence-electron chi connectivity index (χ0n) is 12.8. The van der Waals surface area contributed by atoms with Gasteiger partial charge in [0.15, 0.2) is 0 Å². The lowest BCUT2D eigenvalue weighted by Gasteiger charge is -2.33. The van der Waals surface area contributed by atoms with Gasteiger partial charge in [0.25, 0.3) is 0 Å². The molecule has 2 N–H and O–H groups in total. The van der Waals surface area contributed by atoms with Gasteiger partial charge < -0.3 is 20.1 Å². The molecular formula is C16H28N2O3. The van der Waals surface area contributed by atoms with Crippen molar-refractivity contribution in [2.24, 2.45) is 11.8 Å². The second kappa shape index (κ2) is 7.07. The van der Waals surface area contributed by atoms with Gasteiger partial charge in [-0.25, -0.2) is 0 Å². The van der Waals surface area contributed by atoms with E-state index in [4.69, 9.17) is 4.74 Å². The number of rotatable bonds is 8. The van der Waals surface area contributed by atoms with Crippen LogP contribution >= 0.6 is 0 Å². The van der Waals surface area contributed by atoms with E-state index in [0.717, 1.165) is 64.4 Å². The lowest BCUT2D eigenvalue weighted by Crippen LogP contribution is -2.45. The molecule has 0 radical (unpaired) electrons. The van der Waals surface area contributed by atoms with Gasteiger partial charge in [0.05, 0.1) is 6.61 Å². The lowest BCUT2D eigenvalue weighted by molar-refractivity contribution is -0.133. The van der Waals surface area contributed by atoms with Gasteiger partial charge in [-0.2, -0.15) is 0 Å². The van der Waals surface area contributed by atoms with Crippen molar-refractivity contribution in [1.29, 1.82) is 0 Å². The number of amides is 1. The Labute approximate surface area is 127 Å². The molecule has 3 rings (SSSR count). The van der Waals surface area contributed by atoms with Crippen molar-refractivity contribution in [2.45, 2.75) is 50.7 Å². The number of hydrogen-bond acceptors (Lipinski definition) is 4. The summed E-state index contributed by atoms with van der Waals surface area (Å²) in [6.45, 7) is 4.64. The quantitative estimate of drug-likeness (QED) is 0.649. The lowest BCUT2D eigenvalue weighted by atomic mass is 9.90. The highest BCUT2D eigenvalue weighted by Crippen LogP contribution is 2.28. The van der Waals surface area contributed by atoms with Crippen molar-refractivity contribution < 1.29 is 14.6 Å². The Hall–Kier alpha value is -0.650. The minimum absolute atomic E-state index is 0.118. The fourth-order valence-corrected chi connectivity index (χ4v) is 2.95. The maximum atomic E-state index is 11.9. The summed E-state index contributed by atoms with van der Waals surface area (Å²) < 4.78 is 5.67. The summed E-state index contributed by atoms with van der Waals surface area (Å²) in [5.74, 6) is 0.784. The summed E-state index contributed by atoms with van der Waals surface area (Å²) >= 11 is 0. The van der Waals surface area contributed by atoms with Crippen LogP contribution in [0.2, 0.25) is 0 Å². The van der Waals surface area contributed by atoms with Gasteiger partial charge in [0.2, 0.25) is 5.91 Å². The molecule has 5 heteroatoms. The predicted molar refractivity (Wildman–Crippen MR) is 79.9 cm³/mol. The molecule has 0 aromatic carbocycles. The number of nitrogens with zero attached hydrogens (tertiary/aromatic N) is 1. The van der Waals surface area contributed by atoms with Crippen molar-refractivity contribution in [1.82, 2.24) is 10.2 Å². The normalized spacial score (nSPS) is 25.8. The van der Waals surface area contributed by atoms with Crippen molar-refractivity contribution in [3.05, 3.63) is 0 Å². The number of carbonyl (C=O) groups is 1. The molecule has 5 nitrogen and oxygen atoms in total. The van der Waals surface area contributed by atoms with Crippen molar-refractivity contribution in [3.63, 3.8) is 0 Å². The predicted octanol–water partition coefficient (Wildman–Crippen LogP) is 0.764. The summed E-state index contributed by atoms with van der Waals surface area (Å²) in [5, 5.41) is 13.0. The molecule has 0 unspecified atom stereocenters. The molecule has 2 aliphatic carbocycles. The zero-order valence-corrected chi connectivity index (χ0v) is 12.8. The number of aliphatic hydroxyl groups is 1. The maximum absolute atomic E-state index is 11.9. The van der Waals surface area contributed by atoms with Gasteiger partial charge in [-0.3, -0.25) is 4.79 Å². The summed E-state index contributed by atoms with van der Waals surface area (Å²) in [4.78, 5) is 14.2. The molecule has 0 spiro atoms. The summed E-state index contributed by atoms with van der Waals surface area (Å²) in [7, 11) is 0. The minimum atomic E-state index is -0.820. The topological polar surface area (TPSA) is 61.8 Å². The van der Waals surface area contributed by atoms with E-state index in [0.29, 0.717) is 6.04 Å². The average Bonchev–Trinajstić information content (AvgIpc) is 3.38. The Morgan fingerprint density at radius 2 is 1.90 bits per heavy atom. The van der Waals surface area contributed by atoms with E-state index in [1.165, 1.54) is 12.8 Å². The number of carbonyl (C=O) groups excluding carboxylic acids is 1. The number of likely N-dealkylation sites (tertiary alicyclic amines) is 1. The first-order valence-electron chi connectivity index (χ1n) is 8.51. The van der Waals surface area contributed by atoms with Crippen LogP contribution in [0.3, 0.4) is 0 Å². The minimum Gasteiger partial charge on any atom is -0.383 e. The van der Waals surface area contributed by atoms with E-state index in [9.17, 15) is 9.90 Å². The van der Waals surface area contributed by atoms with E-state index in [1.54, 1.807) is 0 Å². The van der Waals surface area contributed by atoms with Crippen LogP contribution in [0.5, 0.6) is 0 Å². The first kappa shape index (κ1) is 15.3. The molecule has 2 saturated carbocycles. The van der Waals surface area contributed by atoms with Gasteiger partial charge in [0, 0.05) is 19.2 Å². The van der Waals surface area contributed by atoms with Crippen LogP contribution < -0.4 is 5.32 Å². The first-order valence-corrected chi connectivity index (χ1v) is 8.51. The monoisotopic (exact) mass is 296 g/mol. The average molecular weight is 296 g/mol. The molecule has 120 valence electrons. The van der Waals surface area contributed by atoms with E-state index < -0.39 is 6.10 Å². The highest BCUT2D eigenvalue weighted by atomic mass is 16.5. The number of piperidine rings is 1. The highest BCUT2D eigenvalue weighted by molar-refractivity contribution is 5.81. The number of hydrogen-bond donors (Lipinski definition) is 2. The van der Waals surface area contributed by atoms with Gasteiger partial charge in [0.1, 0.15) is 6.10 Å². The van der Waals surface area contributed by atoms with Crippen LogP contribution in [-0.4, -0.2) is 60.9 Å². The Kier molecular flexibility index (Phi) is 5.14. The van der Waals surface area contributed by atoms with E-state index in [1.807, 2.05) is 0 Å². The molecule has 1 aliphatic heterocycles. The largest absolute Gasteiger partial charge is 0.383 e. The van der Waals surface area contributed by atoms with Crippen LogP contribution in [0.15, 0.2) is 0 Å². The van der Waals surface area contributed by atoms with Crippen LogP contribution in [-0.2, 0) is 9.53 Å². The Morgan fingerprint density at radius 3 is 2.52 bits per heavy atom. The van der Waals surface area contributed by atoms with Crippen LogP contribution in [0.4, 0.5) is 0 Å². The molecule has 1 atom stereocenters. The molecule has 3 aliphatic rings.